The summed E-state index contributed by atoms with van der Waals surface area (Å²) < 4.78 is 18.9. The highest BCUT2D eigenvalue weighted by Gasteiger charge is 2.50. The molecule has 2 saturated heterocycles. The molecule has 2 fully saturated rings. The zero-order valence-electron chi connectivity index (χ0n) is 22.1. The number of nitrogens with one attached hydrogen (secondary N) is 1. The lowest BCUT2D eigenvalue weighted by atomic mass is 10.0. The van der Waals surface area contributed by atoms with Gasteiger partial charge >= 0.3 is 6.03 Å². The van der Waals surface area contributed by atoms with Crippen LogP contribution < -0.4 is 5.32 Å². The number of halogens is 1. The highest BCUT2D eigenvalue weighted by atomic mass is 19.1. The van der Waals surface area contributed by atoms with Crippen molar-refractivity contribution in [2.24, 2.45) is 0 Å². The van der Waals surface area contributed by atoms with Gasteiger partial charge in [-0.25, -0.2) is 14.2 Å². The number of fused-ring (bicyclic) bond motifs is 1. The summed E-state index contributed by atoms with van der Waals surface area (Å²) in [6, 6.07) is 14.5. The van der Waals surface area contributed by atoms with E-state index in [1.54, 1.807) is 26.9 Å². The first-order chi connectivity index (χ1) is 18.9. The average Bonchev–Trinajstić information content (AvgIpc) is 2.93. The van der Waals surface area contributed by atoms with Gasteiger partial charge in [0.15, 0.2) is 0 Å². The number of hydrogen-bond donors (Lipinski definition) is 1. The quantitative estimate of drug-likeness (QED) is 0.374. The Balaban J connectivity index is 1.50. The van der Waals surface area contributed by atoms with Gasteiger partial charge in [0, 0.05) is 13.1 Å². The molecule has 2 aliphatic heterocycles. The van der Waals surface area contributed by atoms with E-state index in [-0.39, 0.29) is 57.0 Å². The Hall–Kier alpha value is -3.94. The molecule has 2 aromatic rings. The second-order valence-electron chi connectivity index (χ2n) is 9.57. The Labute approximate surface area is 228 Å². The maximum absolute atomic E-state index is 13.5. The monoisotopic (exact) mass is 535 g/mol. The molecule has 0 spiro atoms. The molecule has 10 heteroatoms. The molecule has 1 N–H and O–H groups in total. The van der Waals surface area contributed by atoms with Crippen LogP contribution in [0.5, 0.6) is 0 Å². The molecule has 4 amide bonds. The molecule has 0 aromatic heterocycles. The van der Waals surface area contributed by atoms with Crippen molar-refractivity contribution in [3.8, 4) is 12.3 Å². The van der Waals surface area contributed by atoms with Crippen LogP contribution in [0.3, 0.4) is 0 Å². The van der Waals surface area contributed by atoms with Crippen LogP contribution in [0.2, 0.25) is 0 Å². The fourth-order valence-electron chi connectivity index (χ4n) is 4.99. The molecular weight excluding hydrogens is 501 g/mol. The number of hydrogen-bond acceptors (Lipinski definition) is 5. The van der Waals surface area contributed by atoms with Gasteiger partial charge in [-0.05, 0) is 29.7 Å². The number of benzene rings is 2. The molecule has 0 saturated carbocycles. The third-order valence-corrected chi connectivity index (χ3v) is 6.85. The lowest BCUT2D eigenvalue weighted by molar-refractivity contribution is -0.189. The smallest absolute Gasteiger partial charge is 0.334 e. The van der Waals surface area contributed by atoms with E-state index in [1.165, 1.54) is 17.1 Å². The summed E-state index contributed by atoms with van der Waals surface area (Å²) in [5.41, 5.74) is 1.75. The molecule has 0 aliphatic carbocycles. The molecule has 9 nitrogen and oxygen atoms in total. The summed E-state index contributed by atoms with van der Waals surface area (Å²) in [6.07, 6.45) is 6.04. The summed E-state index contributed by atoms with van der Waals surface area (Å²) >= 11 is 0. The number of amides is 4. The van der Waals surface area contributed by atoms with Gasteiger partial charge in [-0.1, -0.05) is 61.7 Å². The van der Waals surface area contributed by atoms with Crippen LogP contribution in [0, 0.1) is 18.2 Å². The van der Waals surface area contributed by atoms with Gasteiger partial charge < -0.3 is 19.9 Å². The van der Waals surface area contributed by atoms with Gasteiger partial charge in [0.1, 0.15) is 18.0 Å². The second-order valence-corrected chi connectivity index (χ2v) is 9.57. The van der Waals surface area contributed by atoms with Crippen molar-refractivity contribution in [1.29, 1.82) is 0 Å². The molecular formula is C29H34FN5O4. The Kier molecular flexibility index (Phi) is 9.52. The van der Waals surface area contributed by atoms with Crippen LogP contribution in [0.15, 0.2) is 54.6 Å². The molecule has 0 unspecified atom stereocenters. The summed E-state index contributed by atoms with van der Waals surface area (Å²) in [6.45, 7) is 3.18. The van der Waals surface area contributed by atoms with Gasteiger partial charge in [-0.15, -0.1) is 6.42 Å². The van der Waals surface area contributed by atoms with E-state index in [4.69, 9.17) is 11.2 Å². The third-order valence-electron chi connectivity index (χ3n) is 6.85. The Morgan fingerprint density at radius 1 is 1.13 bits per heavy atom. The highest BCUT2D eigenvalue weighted by molar-refractivity contribution is 5.91. The van der Waals surface area contributed by atoms with Crippen LogP contribution in [0.4, 0.5) is 9.18 Å². The minimum atomic E-state index is -0.707. The van der Waals surface area contributed by atoms with E-state index < -0.39 is 18.2 Å². The van der Waals surface area contributed by atoms with E-state index in [9.17, 15) is 18.8 Å². The predicted molar refractivity (Wildman–Crippen MR) is 143 cm³/mol. The average molecular weight is 536 g/mol. The number of nitrogens with zero attached hydrogens (tertiary/aromatic N) is 4. The van der Waals surface area contributed by atoms with Crippen LogP contribution in [-0.4, -0.2) is 82.7 Å². The Morgan fingerprint density at radius 3 is 2.56 bits per heavy atom. The number of rotatable bonds is 10. The fourth-order valence-corrected chi connectivity index (χ4v) is 4.99. The topological polar surface area (TPSA) is 85.4 Å². The molecule has 2 aliphatic rings. The third kappa shape index (κ3) is 6.74. The van der Waals surface area contributed by atoms with Crippen molar-refractivity contribution in [2.75, 3.05) is 32.8 Å². The van der Waals surface area contributed by atoms with Gasteiger partial charge in [0.2, 0.25) is 11.8 Å². The summed E-state index contributed by atoms with van der Waals surface area (Å²) in [7, 11) is 0. The van der Waals surface area contributed by atoms with E-state index >= 15 is 0 Å². The predicted octanol–water partition coefficient (Wildman–Crippen LogP) is 2.58. The number of carbonyl (C=O) groups excluding carboxylic acids is 3. The molecule has 39 heavy (non-hydrogen) atoms. The lowest BCUT2D eigenvalue weighted by Gasteiger charge is -2.54. The molecule has 2 atom stereocenters. The van der Waals surface area contributed by atoms with Crippen molar-refractivity contribution in [2.45, 2.75) is 45.1 Å². The minimum Gasteiger partial charge on any atom is -0.375 e. The van der Waals surface area contributed by atoms with Crippen molar-refractivity contribution in [1.82, 2.24) is 25.1 Å². The summed E-state index contributed by atoms with van der Waals surface area (Å²) in [5.74, 6) is 1.82. The van der Waals surface area contributed by atoms with Crippen molar-refractivity contribution in [3.05, 3.63) is 71.5 Å². The Morgan fingerprint density at radius 2 is 1.87 bits per heavy atom. The van der Waals surface area contributed by atoms with Gasteiger partial charge in [0.25, 0.3) is 0 Å². The zero-order chi connectivity index (χ0) is 27.8. The number of carbonyl (C=O) groups is 3. The largest absolute Gasteiger partial charge is 0.375 e. The normalized spacial score (nSPS) is 19.6. The van der Waals surface area contributed by atoms with Crippen molar-refractivity contribution in [3.63, 3.8) is 0 Å². The van der Waals surface area contributed by atoms with Crippen LogP contribution in [0.1, 0.15) is 30.9 Å². The first-order valence-electron chi connectivity index (χ1n) is 13.1. The molecule has 0 bridgehead atoms. The van der Waals surface area contributed by atoms with Crippen LogP contribution in [-0.2, 0) is 27.5 Å². The Bertz CT molecular complexity index is 1190. The maximum atomic E-state index is 13.5. The summed E-state index contributed by atoms with van der Waals surface area (Å²) in [5, 5.41) is 5.99. The number of hydrazine groups is 1. The van der Waals surface area contributed by atoms with Gasteiger partial charge in [0.05, 0.1) is 32.8 Å². The van der Waals surface area contributed by atoms with Crippen molar-refractivity contribution >= 4 is 17.8 Å². The number of urea groups is 1. The number of terminal acetylenes is 1. The van der Waals surface area contributed by atoms with E-state index in [0.29, 0.717) is 19.4 Å². The van der Waals surface area contributed by atoms with Gasteiger partial charge in [-0.3, -0.25) is 9.59 Å². The minimum absolute atomic E-state index is 0.0714. The molecule has 0 radical (unpaired) electrons. The fraction of sp³-hybridized carbons (Fsp3) is 0.414. The first kappa shape index (κ1) is 28.1. The maximum Gasteiger partial charge on any atom is 0.334 e. The number of ether oxygens (including phenoxy) is 1. The van der Waals surface area contributed by atoms with E-state index in [2.05, 4.69) is 11.2 Å². The molecule has 2 heterocycles. The SMILES string of the molecule is C#CCN1CC(=O)N2[C@@H](CCC)C(=O)N(CCOCc3ccc(F)cc3)C[C@@H]2N1C(=O)NCc1ccccc1. The standard InChI is InChI=1S/C29H34FN5O4/c1-3-8-25-28(37)32(16-17-39-21-23-11-13-24(30)14-12-23)19-26-34(25)27(36)20-33(15-4-2)35(26)29(38)31-18-22-9-6-5-7-10-22/h2,5-7,9-14,25-26H,3,8,15-21H2,1H3,(H,31,38)/t25-,26-/m0/s1. The van der Waals surface area contributed by atoms with E-state index in [0.717, 1.165) is 11.1 Å². The first-order valence-corrected chi connectivity index (χ1v) is 13.1. The van der Waals surface area contributed by atoms with Gasteiger partial charge in [-0.2, -0.15) is 5.01 Å². The molecule has 2 aromatic carbocycles. The summed E-state index contributed by atoms with van der Waals surface area (Å²) in [4.78, 5) is 43.5. The number of piperazine rings is 1. The zero-order valence-corrected chi connectivity index (χ0v) is 22.1. The van der Waals surface area contributed by atoms with E-state index in [1.807, 2.05) is 37.3 Å². The lowest BCUT2D eigenvalue weighted by Crippen LogP contribution is -2.76. The van der Waals surface area contributed by atoms with Crippen molar-refractivity contribution < 1.29 is 23.5 Å². The second kappa shape index (κ2) is 13.2. The molecule has 206 valence electrons. The highest BCUT2D eigenvalue weighted by Crippen LogP contribution is 2.28. The van der Waals surface area contributed by atoms with Crippen LogP contribution >= 0.6 is 0 Å². The van der Waals surface area contributed by atoms with Crippen LogP contribution in [0.25, 0.3) is 0 Å². The molecule has 4 rings (SSSR count).